The first-order valence-electron chi connectivity index (χ1n) is 5.27. The van der Waals surface area contributed by atoms with Gasteiger partial charge in [-0.05, 0) is 12.1 Å². The topological polar surface area (TPSA) is 42.1 Å². The summed E-state index contributed by atoms with van der Waals surface area (Å²) in [5.74, 6) is 0. The highest BCUT2D eigenvalue weighted by molar-refractivity contribution is 9.10. The molecule has 2 aromatic rings. The van der Waals surface area contributed by atoms with E-state index in [0.29, 0.717) is 29.1 Å². The summed E-state index contributed by atoms with van der Waals surface area (Å²) in [6.07, 6.45) is 0.729. The number of benzene rings is 1. The van der Waals surface area contributed by atoms with Gasteiger partial charge in [-0.25, -0.2) is 0 Å². The maximum atomic E-state index is 12.3. The lowest BCUT2D eigenvalue weighted by Crippen LogP contribution is -2.21. The molecule has 2 heterocycles. The average molecular weight is 315 g/mol. The first-order chi connectivity index (χ1) is 8.16. The van der Waals surface area contributed by atoms with Gasteiger partial charge in [-0.3, -0.25) is 4.79 Å². The van der Waals surface area contributed by atoms with E-state index in [9.17, 15) is 4.79 Å². The molecule has 1 aliphatic heterocycles. The molecule has 0 bridgehead atoms. The lowest BCUT2D eigenvalue weighted by atomic mass is 10.1. The van der Waals surface area contributed by atoms with E-state index in [-0.39, 0.29) is 5.43 Å². The maximum absolute atomic E-state index is 12.3. The Balaban J connectivity index is 2.44. The van der Waals surface area contributed by atoms with Crippen LogP contribution in [-0.4, -0.2) is 11.6 Å². The van der Waals surface area contributed by atoms with Crippen LogP contribution in [0, 0.1) is 0 Å². The van der Waals surface area contributed by atoms with Crippen LogP contribution in [0.2, 0.25) is 5.02 Å². The number of fused-ring (bicyclic) bond motifs is 2. The quantitative estimate of drug-likeness (QED) is 0.812. The number of aromatic amines is 1. The fourth-order valence-corrected chi connectivity index (χ4v) is 2.98. The van der Waals surface area contributed by atoms with Crippen LogP contribution in [0.1, 0.15) is 11.3 Å². The fraction of sp³-hybridized carbons (Fsp3) is 0.250. The molecular formula is C12H9BrClNO2. The summed E-state index contributed by atoms with van der Waals surface area (Å²) in [7, 11) is 0. The number of hydrogen-bond acceptors (Lipinski definition) is 2. The lowest BCUT2D eigenvalue weighted by molar-refractivity contribution is 0.109. The molecule has 1 aliphatic rings. The minimum Gasteiger partial charge on any atom is -0.376 e. The maximum Gasteiger partial charge on any atom is 0.195 e. The van der Waals surface area contributed by atoms with Crippen LogP contribution in [0.4, 0.5) is 0 Å². The molecule has 5 heteroatoms. The molecule has 0 atom stereocenters. The molecule has 0 radical (unpaired) electrons. The highest BCUT2D eigenvalue weighted by Crippen LogP contribution is 2.26. The van der Waals surface area contributed by atoms with Crippen molar-refractivity contribution in [2.45, 2.75) is 13.0 Å². The normalized spacial score (nSPS) is 14.9. The van der Waals surface area contributed by atoms with Gasteiger partial charge in [-0.2, -0.15) is 0 Å². The molecule has 0 saturated carbocycles. The molecule has 0 aliphatic carbocycles. The van der Waals surface area contributed by atoms with Crippen molar-refractivity contribution in [1.29, 1.82) is 0 Å². The van der Waals surface area contributed by atoms with E-state index in [1.807, 2.05) is 0 Å². The monoisotopic (exact) mass is 313 g/mol. The number of H-pyrrole nitrogens is 1. The largest absolute Gasteiger partial charge is 0.376 e. The summed E-state index contributed by atoms with van der Waals surface area (Å²) < 4.78 is 6.12. The van der Waals surface area contributed by atoms with E-state index < -0.39 is 0 Å². The van der Waals surface area contributed by atoms with Crippen molar-refractivity contribution < 1.29 is 4.74 Å². The molecule has 1 N–H and O–H groups in total. The number of pyridine rings is 1. The molecule has 0 saturated heterocycles. The van der Waals surface area contributed by atoms with E-state index in [1.54, 1.807) is 12.1 Å². The van der Waals surface area contributed by atoms with Gasteiger partial charge in [0.2, 0.25) is 0 Å². The Hall–Kier alpha value is -0.840. The highest BCUT2D eigenvalue weighted by atomic mass is 79.9. The Bertz CT molecular complexity index is 666. The predicted octanol–water partition coefficient (Wildman–Crippen LogP) is 3.02. The molecule has 17 heavy (non-hydrogen) atoms. The standard InChI is InChI=1S/C12H9BrClNO2/c13-6-3-7-11(9(14)4-6)15-10-1-2-17-5-8(10)12(7)16/h3-4H,1-2,5H2,(H,15,16). The number of rotatable bonds is 0. The van der Waals surface area contributed by atoms with E-state index in [4.69, 9.17) is 16.3 Å². The predicted molar refractivity (Wildman–Crippen MR) is 70.6 cm³/mol. The first-order valence-corrected chi connectivity index (χ1v) is 6.44. The summed E-state index contributed by atoms with van der Waals surface area (Å²) >= 11 is 9.49. The van der Waals surface area contributed by atoms with Crippen molar-refractivity contribution in [3.05, 3.63) is 43.1 Å². The van der Waals surface area contributed by atoms with Gasteiger partial charge in [0, 0.05) is 27.5 Å². The Labute approximate surface area is 111 Å². The molecule has 3 nitrogen and oxygen atoms in total. The lowest BCUT2D eigenvalue weighted by Gasteiger charge is -2.17. The summed E-state index contributed by atoms with van der Waals surface area (Å²) in [6.45, 7) is 1.02. The van der Waals surface area contributed by atoms with E-state index in [0.717, 1.165) is 22.2 Å². The zero-order valence-corrected chi connectivity index (χ0v) is 11.2. The second kappa shape index (κ2) is 4.12. The van der Waals surface area contributed by atoms with Gasteiger partial charge in [-0.1, -0.05) is 27.5 Å². The smallest absolute Gasteiger partial charge is 0.195 e. The van der Waals surface area contributed by atoms with Gasteiger partial charge in [0.1, 0.15) is 0 Å². The first kappa shape index (κ1) is 11.3. The zero-order valence-electron chi connectivity index (χ0n) is 8.85. The van der Waals surface area contributed by atoms with Crippen LogP contribution < -0.4 is 5.43 Å². The highest BCUT2D eigenvalue weighted by Gasteiger charge is 2.17. The number of nitrogens with one attached hydrogen (secondary N) is 1. The zero-order chi connectivity index (χ0) is 12.0. The Morgan fingerprint density at radius 2 is 2.24 bits per heavy atom. The van der Waals surface area contributed by atoms with Crippen LogP contribution in [0.15, 0.2) is 21.4 Å². The van der Waals surface area contributed by atoms with Crippen molar-refractivity contribution in [3.63, 3.8) is 0 Å². The molecule has 0 amide bonds. The van der Waals surface area contributed by atoms with Gasteiger partial charge >= 0.3 is 0 Å². The molecule has 1 aromatic carbocycles. The Morgan fingerprint density at radius 3 is 3.06 bits per heavy atom. The summed E-state index contributed by atoms with van der Waals surface area (Å²) in [5, 5.41) is 1.16. The van der Waals surface area contributed by atoms with Crippen molar-refractivity contribution in [1.82, 2.24) is 4.98 Å². The number of halogens is 2. The second-order valence-corrected chi connectivity index (χ2v) is 5.35. The van der Waals surface area contributed by atoms with Gasteiger partial charge in [0.25, 0.3) is 0 Å². The van der Waals surface area contributed by atoms with Gasteiger partial charge in [0.05, 0.1) is 23.8 Å². The van der Waals surface area contributed by atoms with Gasteiger partial charge in [0.15, 0.2) is 5.43 Å². The van der Waals surface area contributed by atoms with Crippen LogP contribution in [0.3, 0.4) is 0 Å². The van der Waals surface area contributed by atoms with Crippen LogP contribution in [-0.2, 0) is 17.8 Å². The van der Waals surface area contributed by atoms with E-state index in [2.05, 4.69) is 20.9 Å². The molecule has 88 valence electrons. The van der Waals surface area contributed by atoms with Crippen LogP contribution >= 0.6 is 27.5 Å². The summed E-state index contributed by atoms with van der Waals surface area (Å²) in [4.78, 5) is 15.5. The molecule has 0 unspecified atom stereocenters. The minimum absolute atomic E-state index is 0.0108. The van der Waals surface area contributed by atoms with Crippen molar-refractivity contribution in [3.8, 4) is 0 Å². The third-order valence-corrected chi connectivity index (χ3v) is 3.71. The van der Waals surface area contributed by atoms with E-state index in [1.165, 1.54) is 0 Å². The molecule has 3 rings (SSSR count). The second-order valence-electron chi connectivity index (χ2n) is 4.02. The number of hydrogen-bond donors (Lipinski definition) is 1. The molecule has 1 aromatic heterocycles. The molecular weight excluding hydrogens is 305 g/mol. The van der Waals surface area contributed by atoms with E-state index >= 15 is 0 Å². The van der Waals surface area contributed by atoms with Crippen molar-refractivity contribution in [2.75, 3.05) is 6.61 Å². The van der Waals surface area contributed by atoms with Gasteiger partial charge < -0.3 is 9.72 Å². The van der Waals surface area contributed by atoms with Crippen LogP contribution in [0.5, 0.6) is 0 Å². The number of aromatic nitrogens is 1. The average Bonchev–Trinajstić information content (AvgIpc) is 2.31. The Morgan fingerprint density at radius 1 is 1.41 bits per heavy atom. The Kier molecular flexibility index (Phi) is 2.73. The molecule has 0 fully saturated rings. The van der Waals surface area contributed by atoms with Crippen LogP contribution in [0.25, 0.3) is 10.9 Å². The number of ether oxygens (including phenoxy) is 1. The summed E-state index contributed by atoms with van der Waals surface area (Å²) in [5.41, 5.74) is 2.38. The fourth-order valence-electron chi connectivity index (χ4n) is 2.12. The SMILES string of the molecule is O=c1c2c([nH]c3c(Cl)cc(Br)cc13)CCOC2. The van der Waals surface area contributed by atoms with Crippen molar-refractivity contribution in [2.24, 2.45) is 0 Å². The van der Waals surface area contributed by atoms with Gasteiger partial charge in [-0.15, -0.1) is 0 Å². The third kappa shape index (κ3) is 1.80. The van der Waals surface area contributed by atoms with Crippen molar-refractivity contribution >= 4 is 38.4 Å². The summed E-state index contributed by atoms with van der Waals surface area (Å²) in [6, 6.07) is 3.57. The minimum atomic E-state index is 0.0108. The molecule has 0 spiro atoms. The third-order valence-electron chi connectivity index (χ3n) is 2.96.